The van der Waals surface area contributed by atoms with Crippen molar-refractivity contribution in [3.05, 3.63) is 46.7 Å². The number of carbonyl (C=O) groups excluding carboxylic acids is 2. The second-order valence-corrected chi connectivity index (χ2v) is 7.67. The lowest BCUT2D eigenvalue weighted by Gasteiger charge is -2.38. The summed E-state index contributed by atoms with van der Waals surface area (Å²) in [5.74, 6) is -4.57. The Balaban J connectivity index is 2.28. The first-order valence-corrected chi connectivity index (χ1v) is 8.49. The summed E-state index contributed by atoms with van der Waals surface area (Å²) in [7, 11) is 1.21. The number of ether oxygens (including phenoxy) is 1. The maximum Gasteiger partial charge on any atom is 0.315 e. The average molecular weight is 361 g/mol. The number of benzene rings is 1. The maximum atomic E-state index is 14.6. The number of carbonyl (C=O) groups is 2. The molecule has 0 fully saturated rings. The van der Waals surface area contributed by atoms with E-state index in [9.17, 15) is 18.4 Å². The number of hydrogen-bond donors (Lipinski definition) is 0. The van der Waals surface area contributed by atoms with Crippen molar-refractivity contribution >= 4 is 17.5 Å². The van der Waals surface area contributed by atoms with Crippen LogP contribution in [0.15, 0.2) is 34.5 Å². The number of ketones is 1. The Morgan fingerprint density at radius 2 is 1.85 bits per heavy atom. The third-order valence-electron chi connectivity index (χ3n) is 5.07. The molecule has 0 saturated carbocycles. The van der Waals surface area contributed by atoms with Crippen LogP contribution in [0.4, 0.5) is 8.78 Å². The van der Waals surface area contributed by atoms with Gasteiger partial charge in [0.15, 0.2) is 5.78 Å². The molecule has 26 heavy (non-hydrogen) atoms. The molecule has 1 unspecified atom stereocenters. The van der Waals surface area contributed by atoms with E-state index in [2.05, 4.69) is 4.99 Å². The zero-order valence-electron chi connectivity index (χ0n) is 15.2. The second kappa shape index (κ2) is 6.41. The lowest BCUT2D eigenvalue weighted by Crippen LogP contribution is -2.40. The van der Waals surface area contributed by atoms with Crippen molar-refractivity contribution in [2.45, 2.75) is 39.5 Å². The summed E-state index contributed by atoms with van der Waals surface area (Å²) in [5.41, 5.74) is 0.563. The smallest absolute Gasteiger partial charge is 0.315 e. The topological polar surface area (TPSA) is 55.7 Å². The fraction of sp³-hybridized carbons (Fsp3) is 0.450. The summed E-state index contributed by atoms with van der Waals surface area (Å²) in [4.78, 5) is 29.8. The Kier molecular flexibility index (Phi) is 4.54. The molecule has 0 aromatic heterocycles. The molecule has 1 aliphatic carbocycles. The summed E-state index contributed by atoms with van der Waals surface area (Å²) in [6.45, 7) is 5.53. The van der Waals surface area contributed by atoms with Crippen LogP contribution in [0.2, 0.25) is 0 Å². The van der Waals surface area contributed by atoms with Gasteiger partial charge in [0.25, 0.3) is 0 Å². The third kappa shape index (κ3) is 2.97. The summed E-state index contributed by atoms with van der Waals surface area (Å²) in [6, 6.07) is 3.52. The lowest BCUT2D eigenvalue weighted by molar-refractivity contribution is -0.143. The minimum absolute atomic E-state index is 0.228. The molecular formula is C20H21F2NO3. The largest absolute Gasteiger partial charge is 0.468 e. The van der Waals surface area contributed by atoms with Crippen LogP contribution >= 0.6 is 0 Å². The van der Waals surface area contributed by atoms with Gasteiger partial charge in [-0.25, -0.2) is 8.78 Å². The predicted octanol–water partition coefficient (Wildman–Crippen LogP) is 3.96. The average Bonchev–Trinajstić information content (AvgIpc) is 2.52. The molecule has 1 aromatic rings. The van der Waals surface area contributed by atoms with Gasteiger partial charge in [-0.05, 0) is 30.9 Å². The van der Waals surface area contributed by atoms with Gasteiger partial charge in [-0.1, -0.05) is 19.9 Å². The molecule has 4 nitrogen and oxygen atoms in total. The van der Waals surface area contributed by atoms with Crippen molar-refractivity contribution in [3.8, 4) is 0 Å². The molecule has 6 heteroatoms. The molecule has 1 aromatic carbocycles. The monoisotopic (exact) mass is 361 g/mol. The minimum Gasteiger partial charge on any atom is -0.468 e. The number of nitrogens with zero attached hydrogens (tertiary/aromatic N) is 1. The van der Waals surface area contributed by atoms with E-state index >= 15 is 0 Å². The molecule has 0 radical (unpaired) electrons. The van der Waals surface area contributed by atoms with E-state index in [0.29, 0.717) is 17.8 Å². The van der Waals surface area contributed by atoms with E-state index in [1.165, 1.54) is 13.2 Å². The second-order valence-electron chi connectivity index (χ2n) is 7.67. The maximum absolute atomic E-state index is 14.6. The van der Waals surface area contributed by atoms with Crippen LogP contribution in [0.5, 0.6) is 0 Å². The number of methoxy groups -OCH3 is 1. The molecule has 0 bridgehead atoms. The Bertz CT molecular complexity index is 834. The van der Waals surface area contributed by atoms with Crippen LogP contribution in [0.25, 0.3) is 0 Å². The molecule has 2 aliphatic rings. The SMILES string of the molecule is COC(=O)C1C(C)=NC2=C(C(=O)CC(C)(C)C2)[C@H]1c1c(F)cccc1F. The van der Waals surface area contributed by atoms with Gasteiger partial charge >= 0.3 is 5.97 Å². The number of halogens is 2. The zero-order chi connectivity index (χ0) is 19.2. The first kappa shape index (κ1) is 18.4. The molecule has 3 rings (SSSR count). The van der Waals surface area contributed by atoms with Crippen molar-refractivity contribution in [2.75, 3.05) is 7.11 Å². The number of esters is 1. The van der Waals surface area contributed by atoms with E-state index in [4.69, 9.17) is 4.74 Å². The fourth-order valence-corrected chi connectivity index (χ4v) is 4.00. The van der Waals surface area contributed by atoms with E-state index in [1.54, 1.807) is 6.92 Å². The van der Waals surface area contributed by atoms with E-state index in [-0.39, 0.29) is 28.8 Å². The van der Waals surface area contributed by atoms with Gasteiger partial charge < -0.3 is 4.74 Å². The Hall–Kier alpha value is -2.37. The molecule has 138 valence electrons. The molecule has 1 aliphatic heterocycles. The Morgan fingerprint density at radius 3 is 2.42 bits per heavy atom. The predicted molar refractivity (Wildman–Crippen MR) is 92.8 cm³/mol. The first-order valence-electron chi connectivity index (χ1n) is 8.49. The number of rotatable bonds is 2. The Morgan fingerprint density at radius 1 is 1.23 bits per heavy atom. The number of aliphatic imine (C=N–C) groups is 1. The summed E-state index contributed by atoms with van der Waals surface area (Å²) in [6.07, 6.45) is 0.743. The van der Waals surface area contributed by atoms with Crippen LogP contribution in [0, 0.1) is 23.0 Å². The summed E-state index contributed by atoms with van der Waals surface area (Å²) in [5, 5.41) is 0. The van der Waals surface area contributed by atoms with Crippen molar-refractivity contribution in [2.24, 2.45) is 16.3 Å². The third-order valence-corrected chi connectivity index (χ3v) is 5.07. The normalized spacial score (nSPS) is 24.8. The van der Waals surface area contributed by atoms with E-state index < -0.39 is 29.4 Å². The number of allylic oxidation sites excluding steroid dienone is 2. The highest BCUT2D eigenvalue weighted by atomic mass is 19.1. The standard InChI is InChI=1S/C20H21F2NO3/c1-10-15(19(25)26-4)18(16-11(21)6-5-7-12(16)22)17-13(23-10)8-20(2,3)9-14(17)24/h5-7,15,18H,8-9H2,1-4H3/t15?,18-/m1/s1. The van der Waals surface area contributed by atoms with Crippen molar-refractivity contribution < 1.29 is 23.1 Å². The first-order chi connectivity index (χ1) is 12.2. The Labute approximate surface area is 151 Å². The van der Waals surface area contributed by atoms with Gasteiger partial charge in [0, 0.05) is 34.9 Å². The van der Waals surface area contributed by atoms with Crippen LogP contribution in [0.3, 0.4) is 0 Å². The molecule has 2 atom stereocenters. The summed E-state index contributed by atoms with van der Waals surface area (Å²) < 4.78 is 34.0. The van der Waals surface area contributed by atoms with Gasteiger partial charge in [-0.15, -0.1) is 0 Å². The van der Waals surface area contributed by atoms with Crippen LogP contribution < -0.4 is 0 Å². The summed E-state index contributed by atoms with van der Waals surface area (Å²) >= 11 is 0. The molecule has 0 saturated heterocycles. The molecule has 0 N–H and O–H groups in total. The van der Waals surface area contributed by atoms with Crippen molar-refractivity contribution in [3.63, 3.8) is 0 Å². The van der Waals surface area contributed by atoms with Gasteiger partial charge in [0.1, 0.15) is 17.6 Å². The quantitative estimate of drug-likeness (QED) is 0.750. The molecule has 0 spiro atoms. The minimum atomic E-state index is -1.07. The molecule has 1 heterocycles. The van der Waals surface area contributed by atoms with Gasteiger partial charge in [-0.3, -0.25) is 14.6 Å². The highest BCUT2D eigenvalue weighted by Crippen LogP contribution is 2.48. The van der Waals surface area contributed by atoms with Crippen molar-refractivity contribution in [1.82, 2.24) is 0 Å². The van der Waals surface area contributed by atoms with Crippen LogP contribution in [-0.4, -0.2) is 24.6 Å². The van der Waals surface area contributed by atoms with Crippen LogP contribution in [0.1, 0.15) is 45.1 Å². The molecular weight excluding hydrogens is 340 g/mol. The number of hydrogen-bond acceptors (Lipinski definition) is 4. The highest BCUT2D eigenvalue weighted by molar-refractivity contribution is 6.09. The highest BCUT2D eigenvalue weighted by Gasteiger charge is 2.47. The zero-order valence-corrected chi connectivity index (χ0v) is 15.2. The van der Waals surface area contributed by atoms with Crippen LogP contribution in [-0.2, 0) is 14.3 Å². The number of Topliss-reactive ketones (excluding diaryl/α,β-unsaturated/α-hetero) is 1. The van der Waals surface area contributed by atoms with Gasteiger partial charge in [-0.2, -0.15) is 0 Å². The van der Waals surface area contributed by atoms with Crippen molar-refractivity contribution in [1.29, 1.82) is 0 Å². The fourth-order valence-electron chi connectivity index (χ4n) is 4.00. The van der Waals surface area contributed by atoms with Gasteiger partial charge in [0.2, 0.25) is 0 Å². The van der Waals surface area contributed by atoms with E-state index in [0.717, 1.165) is 12.1 Å². The lowest BCUT2D eigenvalue weighted by atomic mass is 9.66. The van der Waals surface area contributed by atoms with Gasteiger partial charge in [0.05, 0.1) is 7.11 Å². The van der Waals surface area contributed by atoms with E-state index in [1.807, 2.05) is 13.8 Å². The molecule has 0 amide bonds.